The van der Waals surface area contributed by atoms with Crippen LogP contribution in [0.15, 0.2) is 0 Å². The summed E-state index contributed by atoms with van der Waals surface area (Å²) in [6, 6.07) is 5.18. The molecule has 10 nitrogen and oxygen atoms in total. The Morgan fingerprint density at radius 1 is 0.356 bits per heavy atom. The van der Waals surface area contributed by atoms with Crippen LogP contribution in [0.3, 0.4) is 0 Å². The van der Waals surface area contributed by atoms with Gasteiger partial charge in [-0.05, 0) is 92.8 Å². The second-order valence-corrected chi connectivity index (χ2v) is 16.2. The van der Waals surface area contributed by atoms with Crippen molar-refractivity contribution in [2.45, 2.75) is 139 Å². The molecule has 0 amide bonds. The molecule has 45 heavy (non-hydrogen) atoms. The van der Waals surface area contributed by atoms with E-state index in [0.717, 1.165) is 12.8 Å². The van der Waals surface area contributed by atoms with Crippen LogP contribution in [0, 0.1) is 81.8 Å². The Labute approximate surface area is 279 Å². The summed E-state index contributed by atoms with van der Waals surface area (Å²) in [4.78, 5) is 0. The second kappa shape index (κ2) is 12.9. The first-order chi connectivity index (χ1) is 21.7. The minimum Gasteiger partial charge on any atom is -0.286 e. The number of nitriles is 2. The summed E-state index contributed by atoms with van der Waals surface area (Å²) in [5, 5.41) is 53.6. The van der Waals surface area contributed by atoms with Gasteiger partial charge in [0.2, 0.25) is 0 Å². The molecule has 9 rings (SSSR count). The van der Waals surface area contributed by atoms with Crippen LogP contribution >= 0.6 is 0 Å². The van der Waals surface area contributed by atoms with E-state index in [4.69, 9.17) is 0 Å². The van der Waals surface area contributed by atoms with E-state index in [1.165, 1.54) is 77.0 Å². The molecule has 8 N–H and O–H groups in total. The Bertz CT molecular complexity index is 1160. The van der Waals surface area contributed by atoms with Crippen LogP contribution < -0.4 is 42.5 Å². The molecular formula is C34H54CoN10. The minimum absolute atomic E-state index is 0. The summed E-state index contributed by atoms with van der Waals surface area (Å²) in [5.74, 6) is 3.85. The van der Waals surface area contributed by atoms with Crippen molar-refractivity contribution in [1.82, 2.24) is 42.5 Å². The van der Waals surface area contributed by atoms with E-state index >= 15 is 0 Å². The van der Waals surface area contributed by atoms with Gasteiger partial charge >= 0.3 is 0 Å². The normalized spacial score (nSPS) is 55.2. The van der Waals surface area contributed by atoms with Crippen LogP contribution in [0.4, 0.5) is 0 Å². The van der Waals surface area contributed by atoms with Crippen molar-refractivity contribution in [3.05, 3.63) is 0 Å². The van der Waals surface area contributed by atoms with E-state index in [-0.39, 0.29) is 65.4 Å². The Morgan fingerprint density at radius 3 is 0.978 bits per heavy atom. The molecule has 8 bridgehead atoms. The van der Waals surface area contributed by atoms with Crippen LogP contribution in [-0.2, 0) is 16.8 Å². The number of rotatable bonds is 0. The largest absolute Gasteiger partial charge is 0.286 e. The molecule has 0 aromatic heterocycles. The predicted molar refractivity (Wildman–Crippen MR) is 166 cm³/mol. The number of nitrogens with zero attached hydrogens (tertiary/aromatic N) is 2. The average Bonchev–Trinajstić information content (AvgIpc) is 3.80. The molecule has 18 unspecified atom stereocenters. The van der Waals surface area contributed by atoms with E-state index in [1.807, 2.05) is 0 Å². The van der Waals surface area contributed by atoms with Crippen LogP contribution in [0.5, 0.6) is 0 Å². The Hall–Kier alpha value is -0.834. The number of fused-ring (bicyclic) bond motifs is 20. The van der Waals surface area contributed by atoms with Crippen molar-refractivity contribution in [1.29, 1.82) is 10.5 Å². The van der Waals surface area contributed by atoms with Gasteiger partial charge in [0, 0.05) is 22.7 Å². The van der Waals surface area contributed by atoms with Gasteiger partial charge in [-0.3, -0.25) is 42.5 Å². The molecule has 4 saturated carbocycles. The average molecular weight is 662 g/mol. The molecule has 9 fully saturated rings. The van der Waals surface area contributed by atoms with Crippen LogP contribution in [0.2, 0.25) is 0 Å². The summed E-state index contributed by atoms with van der Waals surface area (Å²) in [6.07, 6.45) is 19.4. The van der Waals surface area contributed by atoms with E-state index in [9.17, 15) is 10.5 Å². The molecular weight excluding hydrogens is 607 g/mol. The summed E-state index contributed by atoms with van der Waals surface area (Å²) in [6.45, 7) is 0. The van der Waals surface area contributed by atoms with Gasteiger partial charge in [-0.15, -0.1) is 0 Å². The molecule has 5 saturated heterocycles. The molecule has 0 aromatic rings. The topological polar surface area (TPSA) is 144 Å². The first-order valence-corrected chi connectivity index (χ1v) is 18.6. The van der Waals surface area contributed by atoms with E-state index in [1.54, 1.807) is 0 Å². The van der Waals surface area contributed by atoms with Crippen molar-refractivity contribution in [2.24, 2.45) is 59.2 Å². The van der Waals surface area contributed by atoms with Crippen molar-refractivity contribution in [2.75, 3.05) is 0 Å². The maximum Gasteiger partial charge on any atom is 0.0681 e. The van der Waals surface area contributed by atoms with Gasteiger partial charge in [-0.2, -0.15) is 10.5 Å². The summed E-state index contributed by atoms with van der Waals surface area (Å²) in [5.41, 5.74) is 0. The zero-order valence-electron chi connectivity index (χ0n) is 26.5. The number of nitrogens with one attached hydrogen (secondary N) is 8. The SMILES string of the molecule is N#CC1CCC2C3NC4NC(NC5NC(NC6NC(NC(N3)C2C1C#N)C1CCCCC61)C1CCCCC51)C1CCCCC41.[Co]. The third kappa shape index (κ3) is 5.33. The van der Waals surface area contributed by atoms with Crippen molar-refractivity contribution >= 4 is 0 Å². The smallest absolute Gasteiger partial charge is 0.0681 e. The first kappa shape index (κ1) is 31.4. The monoisotopic (exact) mass is 661 g/mol. The van der Waals surface area contributed by atoms with Gasteiger partial charge in [-0.1, -0.05) is 38.5 Å². The molecule has 249 valence electrons. The fourth-order valence-electron chi connectivity index (χ4n) is 12.4. The predicted octanol–water partition coefficient (Wildman–Crippen LogP) is 2.10. The summed E-state index contributed by atoms with van der Waals surface area (Å²) in [7, 11) is 0. The molecule has 1 radical (unpaired) electrons. The van der Waals surface area contributed by atoms with Crippen molar-refractivity contribution in [3.8, 4) is 12.1 Å². The molecule has 5 aliphatic heterocycles. The fourth-order valence-corrected chi connectivity index (χ4v) is 12.4. The van der Waals surface area contributed by atoms with Gasteiger partial charge in [0.25, 0.3) is 0 Å². The van der Waals surface area contributed by atoms with Gasteiger partial charge in [0.15, 0.2) is 0 Å². The van der Waals surface area contributed by atoms with Crippen molar-refractivity contribution in [3.63, 3.8) is 0 Å². The van der Waals surface area contributed by atoms with Gasteiger partial charge in [0.1, 0.15) is 0 Å². The van der Waals surface area contributed by atoms with E-state index in [0.29, 0.717) is 59.9 Å². The molecule has 0 aromatic carbocycles. The standard InChI is InChI=1S/C34H54N10.Co/c35-15-17-13-14-24-26(25(17)16-36)34-43-32-23-12-6-5-11-22(23)30(41-32)39-28-19-8-2-1-7-18(19)27(37-28)38-29-20-9-3-4-10-21(20)31(40-29)42-33(24)44-34;/h17-34,37-44H,1-14H2;. The molecule has 5 heterocycles. The van der Waals surface area contributed by atoms with E-state index < -0.39 is 0 Å². The van der Waals surface area contributed by atoms with Crippen molar-refractivity contribution < 1.29 is 16.8 Å². The number of hydrogen-bond donors (Lipinski definition) is 8. The zero-order valence-corrected chi connectivity index (χ0v) is 27.6. The Morgan fingerprint density at radius 2 is 0.667 bits per heavy atom. The molecule has 0 spiro atoms. The maximum absolute atomic E-state index is 10.4. The Balaban J connectivity index is 0.00000300. The second-order valence-electron chi connectivity index (χ2n) is 16.2. The van der Waals surface area contributed by atoms with E-state index in [2.05, 4.69) is 54.7 Å². The number of hydrogen-bond acceptors (Lipinski definition) is 10. The first-order valence-electron chi connectivity index (χ1n) is 18.6. The summed E-state index contributed by atoms with van der Waals surface area (Å²) < 4.78 is 0. The van der Waals surface area contributed by atoms with Crippen LogP contribution in [0.25, 0.3) is 0 Å². The summed E-state index contributed by atoms with van der Waals surface area (Å²) >= 11 is 0. The Kier molecular flexibility index (Phi) is 9.00. The zero-order chi connectivity index (χ0) is 29.4. The molecule has 18 atom stereocenters. The molecule has 4 aliphatic carbocycles. The molecule has 11 heteroatoms. The molecule has 9 aliphatic rings. The van der Waals surface area contributed by atoms with Gasteiger partial charge < -0.3 is 0 Å². The minimum atomic E-state index is -0.244. The van der Waals surface area contributed by atoms with Gasteiger partial charge in [-0.25, -0.2) is 0 Å². The third-order valence-corrected chi connectivity index (χ3v) is 14.3. The van der Waals surface area contributed by atoms with Crippen LogP contribution in [0.1, 0.15) is 89.9 Å². The fraction of sp³-hybridized carbons (Fsp3) is 0.941. The third-order valence-electron chi connectivity index (χ3n) is 14.3. The van der Waals surface area contributed by atoms with Crippen LogP contribution in [-0.4, -0.2) is 49.3 Å². The maximum atomic E-state index is 10.4. The van der Waals surface area contributed by atoms with Gasteiger partial charge in [0.05, 0.1) is 73.3 Å². The quantitative estimate of drug-likeness (QED) is 0.195.